The van der Waals surface area contributed by atoms with Crippen LogP contribution in [0.1, 0.15) is 23.3 Å². The number of rotatable bonds is 3. The summed E-state index contributed by atoms with van der Waals surface area (Å²) in [5.74, 6) is -0.0629. The molecule has 1 N–H and O–H groups in total. The van der Waals surface area contributed by atoms with Crippen LogP contribution in [0, 0.1) is 5.82 Å². The highest BCUT2D eigenvalue weighted by atomic mass is 19.1. The maximum Gasteiger partial charge on any atom is 0.274 e. The van der Waals surface area contributed by atoms with Crippen LogP contribution in [0.25, 0.3) is 0 Å². The summed E-state index contributed by atoms with van der Waals surface area (Å²) < 4.78 is 13.5. The van der Waals surface area contributed by atoms with E-state index in [0.717, 1.165) is 25.9 Å². The molecule has 5 nitrogen and oxygen atoms in total. The maximum atomic E-state index is 13.5. The van der Waals surface area contributed by atoms with Crippen molar-refractivity contribution in [3.8, 4) is 0 Å². The molecular formula is C15H15FN4O. The van der Waals surface area contributed by atoms with Gasteiger partial charge in [-0.3, -0.25) is 4.79 Å². The molecule has 1 aliphatic rings. The Morgan fingerprint density at radius 3 is 2.57 bits per heavy atom. The third kappa shape index (κ3) is 2.99. The third-order valence-corrected chi connectivity index (χ3v) is 3.40. The van der Waals surface area contributed by atoms with Crippen LogP contribution in [0.2, 0.25) is 0 Å². The Balaban J connectivity index is 1.72. The normalized spacial score (nSPS) is 14.2. The third-order valence-electron chi connectivity index (χ3n) is 3.40. The van der Waals surface area contributed by atoms with Gasteiger partial charge in [0.2, 0.25) is 0 Å². The van der Waals surface area contributed by atoms with Crippen LogP contribution >= 0.6 is 0 Å². The molecule has 1 aromatic carbocycles. The Kier molecular flexibility index (Phi) is 3.77. The minimum absolute atomic E-state index is 0.0996. The summed E-state index contributed by atoms with van der Waals surface area (Å²) in [6, 6.07) is 6.31. The first-order valence-corrected chi connectivity index (χ1v) is 6.87. The van der Waals surface area contributed by atoms with Crippen molar-refractivity contribution in [3.05, 3.63) is 48.2 Å². The zero-order valence-electron chi connectivity index (χ0n) is 11.4. The first kappa shape index (κ1) is 13.5. The molecule has 0 saturated carbocycles. The van der Waals surface area contributed by atoms with Crippen molar-refractivity contribution in [2.75, 3.05) is 18.4 Å². The molecule has 0 radical (unpaired) electrons. The summed E-state index contributed by atoms with van der Waals surface area (Å²) in [6.07, 6.45) is 4.93. The van der Waals surface area contributed by atoms with Crippen molar-refractivity contribution >= 4 is 17.4 Å². The molecule has 2 aromatic rings. The highest BCUT2D eigenvalue weighted by molar-refractivity contribution is 5.92. The average molecular weight is 286 g/mol. The second-order valence-electron chi connectivity index (χ2n) is 4.89. The Labute approximate surface area is 121 Å². The van der Waals surface area contributed by atoms with E-state index in [1.807, 2.05) is 0 Å². The lowest BCUT2D eigenvalue weighted by molar-refractivity contribution is 0.0786. The van der Waals surface area contributed by atoms with Gasteiger partial charge in [0.25, 0.3) is 5.91 Å². The molecule has 1 aliphatic heterocycles. The Morgan fingerprint density at radius 2 is 1.90 bits per heavy atom. The van der Waals surface area contributed by atoms with Crippen LogP contribution in [0.4, 0.5) is 15.9 Å². The Morgan fingerprint density at radius 1 is 1.14 bits per heavy atom. The number of anilines is 2. The molecule has 3 rings (SSSR count). The first-order chi connectivity index (χ1) is 10.2. The summed E-state index contributed by atoms with van der Waals surface area (Å²) >= 11 is 0. The number of benzene rings is 1. The van der Waals surface area contributed by atoms with Crippen molar-refractivity contribution in [2.45, 2.75) is 12.8 Å². The Hall–Kier alpha value is -2.50. The fraction of sp³-hybridized carbons (Fsp3) is 0.267. The predicted molar refractivity (Wildman–Crippen MR) is 76.9 cm³/mol. The van der Waals surface area contributed by atoms with Gasteiger partial charge in [0.05, 0.1) is 18.1 Å². The first-order valence-electron chi connectivity index (χ1n) is 6.87. The fourth-order valence-corrected chi connectivity index (χ4v) is 2.29. The number of nitrogens with zero attached hydrogens (tertiary/aromatic N) is 3. The van der Waals surface area contributed by atoms with E-state index in [1.165, 1.54) is 18.5 Å². The van der Waals surface area contributed by atoms with Gasteiger partial charge >= 0.3 is 0 Å². The number of halogens is 1. The molecule has 2 heterocycles. The summed E-state index contributed by atoms with van der Waals surface area (Å²) in [4.78, 5) is 22.1. The van der Waals surface area contributed by atoms with Gasteiger partial charge in [-0.1, -0.05) is 12.1 Å². The van der Waals surface area contributed by atoms with Gasteiger partial charge in [-0.05, 0) is 25.0 Å². The molecule has 0 spiro atoms. The zero-order valence-corrected chi connectivity index (χ0v) is 11.4. The minimum atomic E-state index is -0.364. The van der Waals surface area contributed by atoms with Crippen LogP contribution in [-0.4, -0.2) is 33.9 Å². The summed E-state index contributed by atoms with van der Waals surface area (Å²) in [6.45, 7) is 1.55. The molecule has 0 aliphatic carbocycles. The molecule has 108 valence electrons. The van der Waals surface area contributed by atoms with E-state index in [4.69, 9.17) is 0 Å². The number of nitrogens with one attached hydrogen (secondary N) is 1. The van der Waals surface area contributed by atoms with E-state index in [9.17, 15) is 9.18 Å². The summed E-state index contributed by atoms with van der Waals surface area (Å²) in [5, 5.41) is 2.83. The monoisotopic (exact) mass is 286 g/mol. The minimum Gasteiger partial charge on any atom is -0.337 e. The predicted octanol–water partition coefficient (Wildman–Crippen LogP) is 2.60. The molecule has 0 bridgehead atoms. The van der Waals surface area contributed by atoms with Crippen LogP contribution < -0.4 is 5.32 Å². The number of amides is 1. The largest absolute Gasteiger partial charge is 0.337 e. The van der Waals surface area contributed by atoms with E-state index < -0.39 is 0 Å². The maximum absolute atomic E-state index is 13.5. The molecule has 21 heavy (non-hydrogen) atoms. The fourth-order valence-electron chi connectivity index (χ4n) is 2.29. The smallest absolute Gasteiger partial charge is 0.274 e. The van der Waals surface area contributed by atoms with Crippen LogP contribution in [0.15, 0.2) is 36.7 Å². The summed E-state index contributed by atoms with van der Waals surface area (Å²) in [7, 11) is 0. The molecular weight excluding hydrogens is 271 g/mol. The molecule has 0 atom stereocenters. The lowest BCUT2D eigenvalue weighted by Gasteiger charge is -2.14. The second-order valence-corrected chi connectivity index (χ2v) is 4.89. The van der Waals surface area contributed by atoms with Gasteiger partial charge in [0.1, 0.15) is 17.3 Å². The van der Waals surface area contributed by atoms with Crippen LogP contribution in [0.5, 0.6) is 0 Å². The van der Waals surface area contributed by atoms with Crippen molar-refractivity contribution in [3.63, 3.8) is 0 Å². The number of para-hydroxylation sites is 1. The van der Waals surface area contributed by atoms with Crippen molar-refractivity contribution < 1.29 is 9.18 Å². The highest BCUT2D eigenvalue weighted by Gasteiger charge is 2.20. The molecule has 0 unspecified atom stereocenters. The van der Waals surface area contributed by atoms with E-state index >= 15 is 0 Å². The topological polar surface area (TPSA) is 58.1 Å². The zero-order chi connectivity index (χ0) is 14.7. The van der Waals surface area contributed by atoms with E-state index in [2.05, 4.69) is 15.3 Å². The van der Waals surface area contributed by atoms with Gasteiger partial charge < -0.3 is 10.2 Å². The van der Waals surface area contributed by atoms with Gasteiger partial charge in [0, 0.05) is 13.1 Å². The molecule has 1 fully saturated rings. The number of carbonyl (C=O) groups excluding carboxylic acids is 1. The van der Waals surface area contributed by atoms with E-state index in [1.54, 1.807) is 23.1 Å². The van der Waals surface area contributed by atoms with Crippen molar-refractivity contribution in [1.82, 2.24) is 14.9 Å². The van der Waals surface area contributed by atoms with Gasteiger partial charge in [-0.2, -0.15) is 0 Å². The van der Waals surface area contributed by atoms with Crippen molar-refractivity contribution in [2.24, 2.45) is 0 Å². The average Bonchev–Trinajstić information content (AvgIpc) is 3.04. The number of hydrogen-bond acceptors (Lipinski definition) is 4. The van der Waals surface area contributed by atoms with E-state index in [-0.39, 0.29) is 11.7 Å². The highest BCUT2D eigenvalue weighted by Crippen LogP contribution is 2.17. The van der Waals surface area contributed by atoms with Crippen LogP contribution in [0.3, 0.4) is 0 Å². The summed E-state index contributed by atoms with van der Waals surface area (Å²) in [5.41, 5.74) is 0.640. The number of carbonyl (C=O) groups is 1. The van der Waals surface area contributed by atoms with Gasteiger partial charge in [-0.25, -0.2) is 14.4 Å². The molecule has 1 aromatic heterocycles. The van der Waals surface area contributed by atoms with Crippen LogP contribution in [-0.2, 0) is 0 Å². The van der Waals surface area contributed by atoms with Gasteiger partial charge in [0.15, 0.2) is 0 Å². The molecule has 1 amide bonds. The second kappa shape index (κ2) is 5.87. The quantitative estimate of drug-likeness (QED) is 0.942. The van der Waals surface area contributed by atoms with Crippen molar-refractivity contribution in [1.29, 1.82) is 0 Å². The lowest BCUT2D eigenvalue weighted by atomic mass is 10.3. The SMILES string of the molecule is O=C(c1cnc(Nc2ccccc2F)cn1)N1CCCC1. The standard InChI is InChI=1S/C15H15FN4O/c16-11-5-1-2-6-12(11)19-14-10-17-13(9-18-14)15(21)20-7-3-4-8-20/h1-2,5-6,9-10H,3-4,7-8H2,(H,18,19). The number of likely N-dealkylation sites (tertiary alicyclic amines) is 1. The number of aromatic nitrogens is 2. The number of hydrogen-bond donors (Lipinski definition) is 1. The molecule has 6 heteroatoms. The van der Waals surface area contributed by atoms with E-state index in [0.29, 0.717) is 17.2 Å². The molecule has 1 saturated heterocycles. The Bertz CT molecular complexity index is 638. The lowest BCUT2D eigenvalue weighted by Crippen LogP contribution is -2.28. The van der Waals surface area contributed by atoms with Gasteiger partial charge in [-0.15, -0.1) is 0 Å².